The molecular formula is C32H35Cl2N3O3S. The van der Waals surface area contributed by atoms with Gasteiger partial charge < -0.3 is 4.90 Å². The molecule has 1 aliphatic heterocycles. The number of carbonyl (C=O) groups is 1. The average molecular weight is 613 g/mol. The van der Waals surface area contributed by atoms with Crippen LogP contribution >= 0.6 is 23.2 Å². The molecule has 1 N–H and O–H groups in total. The maximum atomic E-state index is 14.6. The molecule has 1 saturated heterocycles. The minimum Gasteiger partial charge on any atom is -0.330 e. The van der Waals surface area contributed by atoms with Crippen LogP contribution in [-0.4, -0.2) is 36.8 Å². The number of benzene rings is 2. The zero-order chi connectivity index (χ0) is 29.2. The van der Waals surface area contributed by atoms with Gasteiger partial charge in [0, 0.05) is 40.9 Å². The van der Waals surface area contributed by atoms with Gasteiger partial charge in [-0.25, -0.2) is 13.1 Å². The minimum absolute atomic E-state index is 0.0129. The largest absolute Gasteiger partial charge is 0.330 e. The van der Waals surface area contributed by atoms with Crippen LogP contribution in [0.4, 0.5) is 0 Å². The molecule has 216 valence electrons. The molecule has 1 saturated carbocycles. The maximum absolute atomic E-state index is 14.6. The summed E-state index contributed by atoms with van der Waals surface area (Å²) in [5.74, 6) is -0.0442. The quantitative estimate of drug-likeness (QED) is 0.238. The van der Waals surface area contributed by atoms with E-state index in [0.717, 1.165) is 24.0 Å². The van der Waals surface area contributed by atoms with Crippen molar-refractivity contribution >= 4 is 39.1 Å². The summed E-state index contributed by atoms with van der Waals surface area (Å²) in [6.45, 7) is 6.09. The van der Waals surface area contributed by atoms with Gasteiger partial charge in [0.1, 0.15) is 0 Å². The van der Waals surface area contributed by atoms with Gasteiger partial charge in [-0.3, -0.25) is 9.78 Å². The first-order valence-electron chi connectivity index (χ1n) is 13.9. The predicted octanol–water partition coefficient (Wildman–Crippen LogP) is 6.93. The molecule has 5 rings (SSSR count). The maximum Gasteiger partial charge on any atom is 0.229 e. The molecule has 9 heteroatoms. The molecule has 4 atom stereocenters. The average Bonchev–Trinajstić information content (AvgIpc) is 3.77. The smallest absolute Gasteiger partial charge is 0.229 e. The Morgan fingerprint density at radius 1 is 1.10 bits per heavy atom. The summed E-state index contributed by atoms with van der Waals surface area (Å²) >= 11 is 12.7. The van der Waals surface area contributed by atoms with Gasteiger partial charge in [0.2, 0.25) is 15.9 Å². The van der Waals surface area contributed by atoms with Crippen LogP contribution in [0.2, 0.25) is 10.0 Å². The molecular weight excluding hydrogens is 577 g/mol. The number of allylic oxidation sites excluding steroid dienone is 1. The van der Waals surface area contributed by atoms with Crippen LogP contribution in [0.15, 0.2) is 85.7 Å². The first-order chi connectivity index (χ1) is 19.6. The van der Waals surface area contributed by atoms with Crippen LogP contribution in [0.1, 0.15) is 61.3 Å². The third-order valence-corrected chi connectivity index (χ3v) is 10.1. The van der Waals surface area contributed by atoms with E-state index in [1.165, 1.54) is 0 Å². The molecule has 6 nitrogen and oxygen atoms in total. The van der Waals surface area contributed by atoms with E-state index in [2.05, 4.69) is 22.4 Å². The number of carbonyl (C=O) groups excluding carboxylic acids is 1. The fourth-order valence-electron chi connectivity index (χ4n) is 6.19. The summed E-state index contributed by atoms with van der Waals surface area (Å²) in [7, 11) is -3.67. The van der Waals surface area contributed by atoms with E-state index in [1.54, 1.807) is 30.6 Å². The number of nitrogens with zero attached hydrogens (tertiary/aromatic N) is 2. The number of likely N-dealkylation sites (tertiary alicyclic amines) is 1. The van der Waals surface area contributed by atoms with E-state index in [0.29, 0.717) is 28.5 Å². The van der Waals surface area contributed by atoms with Gasteiger partial charge in [0.15, 0.2) is 0 Å². The molecule has 1 aliphatic carbocycles. The second-order valence-corrected chi connectivity index (χ2v) is 14.2. The molecule has 2 aromatic carbocycles. The van der Waals surface area contributed by atoms with Crippen LogP contribution in [-0.2, 0) is 20.6 Å². The molecule has 1 amide bonds. The second kappa shape index (κ2) is 12.3. The molecule has 2 heterocycles. The van der Waals surface area contributed by atoms with E-state index in [1.807, 2.05) is 54.3 Å². The molecule has 0 radical (unpaired) electrons. The lowest BCUT2D eigenvalue weighted by Crippen LogP contribution is -2.58. The Labute approximate surface area is 252 Å². The normalized spacial score (nSPS) is 23.8. The number of pyridine rings is 1. The lowest BCUT2D eigenvalue weighted by Gasteiger charge is -2.52. The van der Waals surface area contributed by atoms with Gasteiger partial charge in [0.25, 0.3) is 0 Å². The van der Waals surface area contributed by atoms with Gasteiger partial charge in [0.05, 0.1) is 17.2 Å². The highest BCUT2D eigenvalue weighted by Gasteiger charge is 2.53. The summed E-state index contributed by atoms with van der Waals surface area (Å²) in [6, 6.07) is 18.3. The van der Waals surface area contributed by atoms with Gasteiger partial charge in [-0.05, 0) is 78.6 Å². The van der Waals surface area contributed by atoms with E-state index >= 15 is 0 Å². The third kappa shape index (κ3) is 6.86. The lowest BCUT2D eigenvalue weighted by atomic mass is 9.67. The van der Waals surface area contributed by atoms with Crippen LogP contribution in [0, 0.1) is 11.3 Å². The molecule has 2 aliphatic rings. The van der Waals surface area contributed by atoms with Gasteiger partial charge >= 0.3 is 0 Å². The SMILES string of the molecule is C=CC[C@@]1(C)C[C@H](c2cccc(Cl)c2)[C@@H](c2ccc(Cl)cc2)N([C@H](CNS(=O)(=O)Cc2cccnc2)C2CC2)C1=O. The standard InChI is InChI=1S/C32H35Cl2N3O3S/c1-3-15-32(2)18-28(25-7-4-8-27(34)17-25)30(24-11-13-26(33)14-12-24)37(31(32)38)29(23-9-10-23)20-36-41(39,40)21-22-6-5-16-35-19-22/h3-8,11-14,16-17,19,23,28-30,36H,1,9-10,15,18,20-21H2,2H3/t28-,29-,30-,32+/m1/s1. The van der Waals surface area contributed by atoms with Crippen molar-refractivity contribution in [2.24, 2.45) is 11.3 Å². The van der Waals surface area contributed by atoms with Crippen molar-refractivity contribution in [3.63, 3.8) is 0 Å². The van der Waals surface area contributed by atoms with Crippen molar-refractivity contribution in [3.8, 4) is 0 Å². The van der Waals surface area contributed by atoms with Crippen molar-refractivity contribution in [3.05, 3.63) is 112 Å². The van der Waals surface area contributed by atoms with Crippen molar-refractivity contribution in [2.45, 2.75) is 56.4 Å². The molecule has 0 unspecified atom stereocenters. The number of halogens is 2. The highest BCUT2D eigenvalue weighted by Crippen LogP contribution is 2.54. The molecule has 2 fully saturated rings. The number of amides is 1. The Morgan fingerprint density at radius 3 is 2.49 bits per heavy atom. The fraction of sp³-hybridized carbons (Fsp3) is 0.375. The Bertz CT molecular complexity index is 1500. The first-order valence-corrected chi connectivity index (χ1v) is 16.3. The molecule has 0 spiro atoms. The number of aromatic nitrogens is 1. The van der Waals surface area contributed by atoms with Crippen LogP contribution in [0.3, 0.4) is 0 Å². The number of hydrogen-bond donors (Lipinski definition) is 1. The van der Waals surface area contributed by atoms with Gasteiger partial charge in [-0.15, -0.1) is 6.58 Å². The van der Waals surface area contributed by atoms with E-state index in [9.17, 15) is 13.2 Å². The van der Waals surface area contributed by atoms with Crippen LogP contribution < -0.4 is 4.72 Å². The van der Waals surface area contributed by atoms with Crippen molar-refractivity contribution < 1.29 is 13.2 Å². The van der Waals surface area contributed by atoms with Gasteiger partial charge in [-0.2, -0.15) is 0 Å². The third-order valence-electron chi connectivity index (χ3n) is 8.30. The number of hydrogen-bond acceptors (Lipinski definition) is 4. The highest BCUT2D eigenvalue weighted by molar-refractivity contribution is 7.88. The lowest BCUT2D eigenvalue weighted by molar-refractivity contribution is -0.155. The van der Waals surface area contributed by atoms with Crippen molar-refractivity contribution in [1.82, 2.24) is 14.6 Å². The fourth-order valence-corrected chi connectivity index (χ4v) is 7.65. The predicted molar refractivity (Wildman–Crippen MR) is 164 cm³/mol. The summed E-state index contributed by atoms with van der Waals surface area (Å²) in [5, 5.41) is 1.24. The Hall–Kier alpha value is -2.71. The second-order valence-electron chi connectivity index (χ2n) is 11.5. The topological polar surface area (TPSA) is 79.4 Å². The first kappa shape index (κ1) is 29.8. The molecule has 0 bridgehead atoms. The summed E-state index contributed by atoms with van der Waals surface area (Å²) in [5.41, 5.74) is 1.89. The highest BCUT2D eigenvalue weighted by atomic mass is 35.5. The summed E-state index contributed by atoms with van der Waals surface area (Å²) in [4.78, 5) is 20.6. The minimum atomic E-state index is -3.67. The van der Waals surface area contributed by atoms with E-state index in [-0.39, 0.29) is 42.1 Å². The summed E-state index contributed by atoms with van der Waals surface area (Å²) in [6.07, 6.45) is 7.96. The molecule has 1 aromatic heterocycles. The molecule has 3 aromatic rings. The monoisotopic (exact) mass is 611 g/mol. The van der Waals surface area contributed by atoms with Gasteiger partial charge in [-0.1, -0.05) is 66.5 Å². The molecule has 41 heavy (non-hydrogen) atoms. The summed E-state index contributed by atoms with van der Waals surface area (Å²) < 4.78 is 29.2. The van der Waals surface area contributed by atoms with Crippen molar-refractivity contribution in [1.29, 1.82) is 0 Å². The van der Waals surface area contributed by atoms with Crippen LogP contribution in [0.25, 0.3) is 0 Å². The van der Waals surface area contributed by atoms with E-state index < -0.39 is 15.4 Å². The Balaban J connectivity index is 1.56. The zero-order valence-corrected chi connectivity index (χ0v) is 25.4. The van der Waals surface area contributed by atoms with Crippen molar-refractivity contribution in [2.75, 3.05) is 6.54 Å². The number of rotatable bonds is 11. The number of piperidine rings is 1. The van der Waals surface area contributed by atoms with E-state index in [4.69, 9.17) is 23.2 Å². The Kier molecular flexibility index (Phi) is 8.90. The number of sulfonamides is 1. The number of nitrogens with one attached hydrogen (secondary N) is 1. The Morgan fingerprint density at radius 2 is 1.85 bits per heavy atom. The van der Waals surface area contributed by atoms with Crippen LogP contribution in [0.5, 0.6) is 0 Å². The zero-order valence-electron chi connectivity index (χ0n) is 23.0.